The number of nitrogens with one attached hydrogen (secondary N) is 1. The zero-order valence-electron chi connectivity index (χ0n) is 18.3. The fourth-order valence-corrected chi connectivity index (χ4v) is 4.81. The van der Waals surface area contributed by atoms with E-state index in [1.165, 1.54) is 23.1 Å². The van der Waals surface area contributed by atoms with Crippen LogP contribution in [0, 0.1) is 21.0 Å². The molecule has 5 nitrogen and oxygen atoms in total. The van der Waals surface area contributed by atoms with Gasteiger partial charge in [-0.1, -0.05) is 20.8 Å². The summed E-state index contributed by atoms with van der Waals surface area (Å²) in [4.78, 5) is 16.7. The quantitative estimate of drug-likeness (QED) is 0.457. The van der Waals surface area contributed by atoms with Crippen molar-refractivity contribution in [1.82, 2.24) is 9.80 Å². The molecule has 9 heteroatoms. The Labute approximate surface area is 199 Å². The van der Waals surface area contributed by atoms with Crippen LogP contribution in [0.1, 0.15) is 37.6 Å². The standard InChI is InChI=1S/C23H27F3IN3O2/c1-4-19(29(5-2)6-3)23(32)12-30(13-23)22(31)15-8-9-16(24)20(26)21(15)28-18-10-7-14(27)11-17(18)25/h7-11,19,28,32H,4-6,12-13H2,1-3H3. The Balaban J connectivity index is 1.86. The molecule has 0 aliphatic carbocycles. The summed E-state index contributed by atoms with van der Waals surface area (Å²) in [6, 6.07) is 6.17. The fourth-order valence-electron chi connectivity index (χ4n) is 4.36. The first-order chi connectivity index (χ1) is 15.1. The molecular weight excluding hydrogens is 534 g/mol. The molecule has 1 aliphatic rings. The Morgan fingerprint density at radius 1 is 1.16 bits per heavy atom. The summed E-state index contributed by atoms with van der Waals surface area (Å²) in [6.07, 6.45) is 0.713. The Hall–Kier alpha value is -1.85. The number of hydrogen-bond donors (Lipinski definition) is 2. The predicted octanol–water partition coefficient (Wildman–Crippen LogP) is 4.76. The third-order valence-corrected chi connectivity index (χ3v) is 6.66. The second kappa shape index (κ2) is 9.96. The molecule has 0 bridgehead atoms. The minimum atomic E-state index is -1.26. The minimum absolute atomic E-state index is 0.0725. The van der Waals surface area contributed by atoms with E-state index in [4.69, 9.17) is 0 Å². The van der Waals surface area contributed by atoms with Crippen LogP contribution in [0.15, 0.2) is 30.3 Å². The van der Waals surface area contributed by atoms with Crippen LogP contribution in [-0.2, 0) is 0 Å². The molecule has 0 aromatic heterocycles. The van der Waals surface area contributed by atoms with Gasteiger partial charge in [-0.15, -0.1) is 0 Å². The van der Waals surface area contributed by atoms with Gasteiger partial charge in [0.15, 0.2) is 11.6 Å². The molecule has 1 fully saturated rings. The Bertz CT molecular complexity index is 995. The van der Waals surface area contributed by atoms with Gasteiger partial charge >= 0.3 is 0 Å². The highest BCUT2D eigenvalue weighted by Crippen LogP contribution is 2.34. The maximum absolute atomic E-state index is 14.6. The van der Waals surface area contributed by atoms with Crippen molar-refractivity contribution in [3.8, 4) is 0 Å². The summed E-state index contributed by atoms with van der Waals surface area (Å²) in [5.41, 5.74) is -1.71. The SMILES string of the molecule is CCC(N(CC)CC)C1(O)CN(C(=O)c2ccc(F)c(F)c2Nc2ccc(I)cc2F)C1. The van der Waals surface area contributed by atoms with Crippen molar-refractivity contribution in [2.45, 2.75) is 38.8 Å². The summed E-state index contributed by atoms with van der Waals surface area (Å²) >= 11 is 1.94. The Kier molecular flexibility index (Phi) is 7.72. The van der Waals surface area contributed by atoms with Crippen LogP contribution in [0.4, 0.5) is 24.5 Å². The van der Waals surface area contributed by atoms with Crippen molar-refractivity contribution in [2.75, 3.05) is 31.5 Å². The van der Waals surface area contributed by atoms with E-state index in [0.717, 1.165) is 19.2 Å². The molecule has 2 aromatic rings. The molecule has 0 spiro atoms. The first kappa shape index (κ1) is 24.8. The second-order valence-electron chi connectivity index (χ2n) is 7.94. The number of carbonyl (C=O) groups excluding carboxylic acids is 1. The van der Waals surface area contributed by atoms with Crippen molar-refractivity contribution in [1.29, 1.82) is 0 Å². The van der Waals surface area contributed by atoms with Gasteiger partial charge in [0, 0.05) is 9.61 Å². The monoisotopic (exact) mass is 561 g/mol. The fraction of sp³-hybridized carbons (Fsp3) is 0.435. The molecule has 0 radical (unpaired) electrons. The van der Waals surface area contributed by atoms with Gasteiger partial charge in [0.1, 0.15) is 11.4 Å². The number of nitrogens with zero attached hydrogens (tertiary/aromatic N) is 2. The predicted molar refractivity (Wildman–Crippen MR) is 127 cm³/mol. The van der Waals surface area contributed by atoms with Crippen molar-refractivity contribution >= 4 is 39.9 Å². The van der Waals surface area contributed by atoms with Gasteiger partial charge in [0.05, 0.1) is 30.0 Å². The van der Waals surface area contributed by atoms with Gasteiger partial charge in [-0.3, -0.25) is 9.69 Å². The van der Waals surface area contributed by atoms with Crippen LogP contribution >= 0.6 is 22.6 Å². The first-order valence-corrected chi connectivity index (χ1v) is 11.7. The lowest BCUT2D eigenvalue weighted by molar-refractivity contribution is -0.131. The first-order valence-electron chi connectivity index (χ1n) is 10.6. The molecule has 1 heterocycles. The van der Waals surface area contributed by atoms with Gasteiger partial charge < -0.3 is 15.3 Å². The normalized spacial score (nSPS) is 16.1. The number of halogens is 4. The average molecular weight is 561 g/mol. The number of amides is 1. The number of aliphatic hydroxyl groups is 1. The number of β-amino-alcohol motifs (C(OH)–C–C–N with tert-alkyl or cyclic N) is 1. The van der Waals surface area contributed by atoms with Gasteiger partial charge in [-0.25, -0.2) is 13.2 Å². The lowest BCUT2D eigenvalue weighted by Crippen LogP contribution is -2.71. The number of likely N-dealkylation sites (tertiary alicyclic amines) is 1. The van der Waals surface area contributed by atoms with Crippen LogP contribution in [0.25, 0.3) is 0 Å². The van der Waals surface area contributed by atoms with E-state index >= 15 is 0 Å². The minimum Gasteiger partial charge on any atom is -0.385 e. The van der Waals surface area contributed by atoms with E-state index in [1.54, 1.807) is 6.07 Å². The number of likely N-dealkylation sites (N-methyl/N-ethyl adjacent to an activating group) is 1. The summed E-state index contributed by atoms with van der Waals surface area (Å²) in [5, 5.41) is 13.6. The molecular formula is C23H27F3IN3O2. The third-order valence-electron chi connectivity index (χ3n) is 5.99. The molecule has 1 unspecified atom stereocenters. The van der Waals surface area contributed by atoms with E-state index < -0.39 is 34.6 Å². The zero-order valence-corrected chi connectivity index (χ0v) is 20.4. The van der Waals surface area contributed by atoms with Crippen LogP contribution in [0.2, 0.25) is 0 Å². The van der Waals surface area contributed by atoms with Crippen molar-refractivity contribution in [3.05, 3.63) is 56.9 Å². The third kappa shape index (κ3) is 4.74. The van der Waals surface area contributed by atoms with Crippen LogP contribution in [0.3, 0.4) is 0 Å². The second-order valence-corrected chi connectivity index (χ2v) is 9.19. The number of rotatable bonds is 8. The number of carbonyl (C=O) groups is 1. The van der Waals surface area contributed by atoms with E-state index in [-0.39, 0.29) is 30.4 Å². The maximum Gasteiger partial charge on any atom is 0.256 e. The highest BCUT2D eigenvalue weighted by molar-refractivity contribution is 14.1. The largest absolute Gasteiger partial charge is 0.385 e. The smallest absolute Gasteiger partial charge is 0.256 e. The molecule has 1 saturated heterocycles. The van der Waals surface area contributed by atoms with Crippen LogP contribution < -0.4 is 5.32 Å². The molecule has 0 saturated carbocycles. The van der Waals surface area contributed by atoms with E-state index in [2.05, 4.69) is 10.2 Å². The van der Waals surface area contributed by atoms with Crippen molar-refractivity contribution in [2.24, 2.45) is 0 Å². The molecule has 32 heavy (non-hydrogen) atoms. The number of benzene rings is 2. The van der Waals surface area contributed by atoms with E-state index in [9.17, 15) is 23.1 Å². The molecule has 2 N–H and O–H groups in total. The average Bonchev–Trinajstić information content (AvgIpc) is 2.74. The van der Waals surface area contributed by atoms with Crippen LogP contribution in [0.5, 0.6) is 0 Å². The lowest BCUT2D eigenvalue weighted by Gasteiger charge is -2.53. The van der Waals surface area contributed by atoms with Gasteiger partial charge in [-0.2, -0.15) is 0 Å². The number of hydrogen-bond acceptors (Lipinski definition) is 4. The molecule has 1 amide bonds. The summed E-state index contributed by atoms with van der Waals surface area (Å²) in [6.45, 7) is 7.71. The molecule has 174 valence electrons. The van der Waals surface area contributed by atoms with E-state index in [1.807, 2.05) is 43.4 Å². The number of anilines is 2. The molecule has 3 rings (SSSR count). The van der Waals surface area contributed by atoms with Crippen molar-refractivity contribution in [3.63, 3.8) is 0 Å². The van der Waals surface area contributed by atoms with Crippen LogP contribution in [-0.4, -0.2) is 58.6 Å². The Morgan fingerprint density at radius 2 is 1.81 bits per heavy atom. The van der Waals surface area contributed by atoms with E-state index in [0.29, 0.717) is 9.99 Å². The lowest BCUT2D eigenvalue weighted by atomic mass is 9.82. The zero-order chi connectivity index (χ0) is 23.6. The van der Waals surface area contributed by atoms with Gasteiger partial charge in [-0.05, 0) is 72.4 Å². The summed E-state index contributed by atoms with van der Waals surface area (Å²) < 4.78 is 43.5. The topological polar surface area (TPSA) is 55.8 Å². The highest BCUT2D eigenvalue weighted by Gasteiger charge is 2.50. The summed E-state index contributed by atoms with van der Waals surface area (Å²) in [7, 11) is 0. The molecule has 1 aliphatic heterocycles. The highest BCUT2D eigenvalue weighted by atomic mass is 127. The molecule has 2 aromatic carbocycles. The van der Waals surface area contributed by atoms with Gasteiger partial charge in [0.2, 0.25) is 0 Å². The van der Waals surface area contributed by atoms with Crippen molar-refractivity contribution < 1.29 is 23.1 Å². The Morgan fingerprint density at radius 3 is 2.38 bits per heavy atom. The molecule has 1 atom stereocenters. The summed E-state index contributed by atoms with van der Waals surface area (Å²) in [5.74, 6) is -3.62. The van der Waals surface area contributed by atoms with Gasteiger partial charge in [0.25, 0.3) is 5.91 Å². The maximum atomic E-state index is 14.6.